The first kappa shape index (κ1) is 36.0. The summed E-state index contributed by atoms with van der Waals surface area (Å²) in [5.74, 6) is -4.70. The van der Waals surface area contributed by atoms with E-state index in [-0.39, 0.29) is 39.3 Å². The van der Waals surface area contributed by atoms with E-state index in [1.807, 2.05) is 0 Å². The molecule has 2 rings (SSSR count). The van der Waals surface area contributed by atoms with Crippen molar-refractivity contribution in [3.05, 3.63) is 25.3 Å². The molecule has 2 fully saturated rings. The topological polar surface area (TPSA) is 108 Å². The van der Waals surface area contributed by atoms with Crippen LogP contribution in [0, 0.1) is 0 Å². The number of unbranched alkanes of at least 4 members (excludes halogenated alkanes) is 1. The number of esters is 2. The standard InChI is InChI=1S/C26H36F6O10/c1-5-9-37-21-15(3)39-19(13-17(21)41-23(33)25(27,28)29)35-11-7-8-12-36-20-14-18(42-24(34)26(30,31)32)22(16(4)40-20)38-10-6-2/h5-6,15-22H,1-2,7-14H2,3-4H3/t15-,16-,17-,18-,19+,20+,21-,22-/m0/s1. The van der Waals surface area contributed by atoms with E-state index in [0.29, 0.717) is 12.8 Å². The van der Waals surface area contributed by atoms with E-state index >= 15 is 0 Å². The molecule has 0 spiro atoms. The quantitative estimate of drug-likeness (QED) is 0.114. The largest absolute Gasteiger partial charge is 0.490 e. The molecule has 242 valence electrons. The molecular formula is C26H36F6O10. The van der Waals surface area contributed by atoms with Crippen LogP contribution in [0.15, 0.2) is 25.3 Å². The second-order valence-electron chi connectivity index (χ2n) is 9.52. The molecule has 2 saturated heterocycles. The molecule has 0 bridgehead atoms. The van der Waals surface area contributed by atoms with Gasteiger partial charge in [0.05, 0.1) is 25.4 Å². The predicted octanol–water partition coefficient (Wildman–Crippen LogP) is 4.16. The minimum absolute atomic E-state index is 0.00145. The van der Waals surface area contributed by atoms with Gasteiger partial charge < -0.3 is 37.9 Å². The van der Waals surface area contributed by atoms with Crippen molar-refractivity contribution in [2.45, 2.75) is 101 Å². The molecule has 2 aliphatic heterocycles. The van der Waals surface area contributed by atoms with Crippen LogP contribution in [0.25, 0.3) is 0 Å². The highest BCUT2D eigenvalue weighted by Gasteiger charge is 2.48. The number of ether oxygens (including phenoxy) is 8. The average molecular weight is 623 g/mol. The number of hydrogen-bond acceptors (Lipinski definition) is 10. The van der Waals surface area contributed by atoms with E-state index in [0.717, 1.165) is 0 Å². The van der Waals surface area contributed by atoms with Gasteiger partial charge in [-0.1, -0.05) is 12.2 Å². The van der Waals surface area contributed by atoms with Gasteiger partial charge in [0.2, 0.25) is 0 Å². The van der Waals surface area contributed by atoms with Crippen LogP contribution in [0.5, 0.6) is 0 Å². The van der Waals surface area contributed by atoms with Gasteiger partial charge in [0.15, 0.2) is 12.6 Å². The fourth-order valence-electron chi connectivity index (χ4n) is 4.33. The van der Waals surface area contributed by atoms with E-state index in [1.54, 1.807) is 13.8 Å². The summed E-state index contributed by atoms with van der Waals surface area (Å²) < 4.78 is 119. The fourth-order valence-corrected chi connectivity index (χ4v) is 4.33. The number of rotatable bonds is 15. The summed E-state index contributed by atoms with van der Waals surface area (Å²) in [6.07, 6.45) is -15.2. The molecule has 0 aromatic carbocycles. The summed E-state index contributed by atoms with van der Waals surface area (Å²) in [6.45, 7) is 10.3. The van der Waals surface area contributed by atoms with Crippen molar-refractivity contribution < 1.29 is 73.8 Å². The number of halogens is 6. The molecule has 16 heteroatoms. The van der Waals surface area contributed by atoms with Crippen molar-refractivity contribution in [1.82, 2.24) is 0 Å². The Labute approximate surface area is 239 Å². The summed E-state index contributed by atoms with van der Waals surface area (Å²) in [5, 5.41) is 0. The SMILES string of the molecule is C=CCO[C@H]1[C@H](C)O[C@@H](OCCCCO[C@H]2C[C@H](OC(=O)C(F)(F)F)[C@@H](OCC=C)[C@H](C)O2)C[C@@H]1OC(=O)C(F)(F)F. The van der Waals surface area contributed by atoms with Gasteiger partial charge in [-0.25, -0.2) is 9.59 Å². The molecule has 0 aromatic rings. The third-order valence-electron chi connectivity index (χ3n) is 6.18. The molecule has 2 aliphatic rings. The van der Waals surface area contributed by atoms with Gasteiger partial charge in [0.25, 0.3) is 0 Å². The number of hydrogen-bond donors (Lipinski definition) is 0. The summed E-state index contributed by atoms with van der Waals surface area (Å²) >= 11 is 0. The van der Waals surface area contributed by atoms with Crippen LogP contribution in [-0.2, 0) is 47.5 Å². The van der Waals surface area contributed by atoms with Crippen LogP contribution in [0.3, 0.4) is 0 Å². The molecule has 0 N–H and O–H groups in total. The van der Waals surface area contributed by atoms with Crippen LogP contribution < -0.4 is 0 Å². The van der Waals surface area contributed by atoms with E-state index in [4.69, 9.17) is 28.4 Å². The van der Waals surface area contributed by atoms with E-state index in [2.05, 4.69) is 22.6 Å². The maximum absolute atomic E-state index is 12.8. The van der Waals surface area contributed by atoms with E-state index in [9.17, 15) is 35.9 Å². The Morgan fingerprint density at radius 3 is 1.38 bits per heavy atom. The Balaban J connectivity index is 1.82. The Morgan fingerprint density at radius 1 is 0.714 bits per heavy atom. The van der Waals surface area contributed by atoms with Crippen molar-refractivity contribution in [1.29, 1.82) is 0 Å². The Kier molecular flexibility index (Phi) is 14.2. The molecule has 0 amide bonds. The maximum atomic E-state index is 12.8. The lowest BCUT2D eigenvalue weighted by molar-refractivity contribution is -0.269. The van der Waals surface area contributed by atoms with Gasteiger partial charge in [-0.05, 0) is 26.7 Å². The zero-order valence-corrected chi connectivity index (χ0v) is 23.2. The van der Waals surface area contributed by atoms with Crippen molar-refractivity contribution >= 4 is 11.9 Å². The monoisotopic (exact) mass is 622 g/mol. The first-order chi connectivity index (χ1) is 19.7. The lowest BCUT2D eigenvalue weighted by Gasteiger charge is -2.39. The molecule has 0 unspecified atom stereocenters. The second kappa shape index (κ2) is 16.6. The van der Waals surface area contributed by atoms with Gasteiger partial charge in [-0.15, -0.1) is 13.2 Å². The molecule has 0 aliphatic carbocycles. The Morgan fingerprint density at radius 2 is 1.07 bits per heavy atom. The first-order valence-electron chi connectivity index (χ1n) is 13.2. The van der Waals surface area contributed by atoms with Crippen molar-refractivity contribution in [2.24, 2.45) is 0 Å². The second-order valence-corrected chi connectivity index (χ2v) is 9.52. The van der Waals surface area contributed by atoms with Gasteiger partial charge in [0.1, 0.15) is 24.4 Å². The highest BCUT2D eigenvalue weighted by Crippen LogP contribution is 2.30. The number of carbonyl (C=O) groups excluding carboxylic acids is 2. The molecule has 0 radical (unpaired) electrons. The minimum Gasteiger partial charge on any atom is -0.453 e. The molecule has 2 heterocycles. The Bertz CT molecular complexity index is 813. The average Bonchev–Trinajstić information content (AvgIpc) is 2.88. The summed E-state index contributed by atoms with van der Waals surface area (Å²) in [5.41, 5.74) is 0. The number of carbonyl (C=O) groups is 2. The van der Waals surface area contributed by atoms with Gasteiger partial charge >= 0.3 is 24.3 Å². The zero-order chi connectivity index (χ0) is 31.5. The van der Waals surface area contributed by atoms with Crippen LogP contribution in [0.4, 0.5) is 26.3 Å². The smallest absolute Gasteiger partial charge is 0.453 e. The maximum Gasteiger partial charge on any atom is 0.490 e. The van der Waals surface area contributed by atoms with Crippen LogP contribution >= 0.6 is 0 Å². The highest BCUT2D eigenvalue weighted by atomic mass is 19.4. The van der Waals surface area contributed by atoms with Crippen molar-refractivity contribution in [3.8, 4) is 0 Å². The first-order valence-corrected chi connectivity index (χ1v) is 13.2. The third-order valence-corrected chi connectivity index (χ3v) is 6.18. The van der Waals surface area contributed by atoms with Crippen molar-refractivity contribution in [3.63, 3.8) is 0 Å². The van der Waals surface area contributed by atoms with Gasteiger partial charge in [0, 0.05) is 26.1 Å². The third kappa shape index (κ3) is 11.4. The van der Waals surface area contributed by atoms with E-state index < -0.39 is 73.5 Å². The molecule has 10 nitrogen and oxygen atoms in total. The normalized spacial score (nSPS) is 30.4. The van der Waals surface area contributed by atoms with Gasteiger partial charge in [-0.3, -0.25) is 0 Å². The van der Waals surface area contributed by atoms with Crippen LogP contribution in [-0.4, -0.2) is 99.9 Å². The summed E-state index contributed by atoms with van der Waals surface area (Å²) in [6, 6.07) is 0. The highest BCUT2D eigenvalue weighted by molar-refractivity contribution is 5.76. The molecule has 0 saturated carbocycles. The van der Waals surface area contributed by atoms with Crippen LogP contribution in [0.1, 0.15) is 39.5 Å². The fraction of sp³-hybridized carbons (Fsp3) is 0.769. The predicted molar refractivity (Wildman–Crippen MR) is 131 cm³/mol. The molecule has 0 aromatic heterocycles. The zero-order valence-electron chi connectivity index (χ0n) is 23.2. The van der Waals surface area contributed by atoms with Gasteiger partial charge in [-0.2, -0.15) is 26.3 Å². The Hall–Kier alpha value is -2.24. The lowest BCUT2D eigenvalue weighted by atomic mass is 10.0. The molecular weight excluding hydrogens is 586 g/mol. The van der Waals surface area contributed by atoms with Crippen molar-refractivity contribution in [2.75, 3.05) is 26.4 Å². The molecule has 42 heavy (non-hydrogen) atoms. The van der Waals surface area contributed by atoms with E-state index in [1.165, 1.54) is 12.2 Å². The molecule has 8 atom stereocenters. The summed E-state index contributed by atoms with van der Waals surface area (Å²) in [4.78, 5) is 22.8. The van der Waals surface area contributed by atoms with Crippen LogP contribution in [0.2, 0.25) is 0 Å². The number of alkyl halides is 6. The lowest BCUT2D eigenvalue weighted by Crippen LogP contribution is -2.52. The minimum atomic E-state index is -5.18. The summed E-state index contributed by atoms with van der Waals surface area (Å²) in [7, 11) is 0.